The Morgan fingerprint density at radius 1 is 0.444 bits per heavy atom. The van der Waals surface area contributed by atoms with Gasteiger partial charge in [0.1, 0.15) is 19.3 Å². The molecule has 0 rings (SSSR count). The predicted molar refractivity (Wildman–Crippen MR) is 350 cm³/mol. The second-order valence-electron chi connectivity index (χ2n) is 22.5. The van der Waals surface area contributed by atoms with Gasteiger partial charge in [-0.25, -0.2) is 4.57 Å². The average Bonchev–Trinajstić information content (AvgIpc) is 3.44. The number of phosphoric acid groups is 1. The number of unbranched alkanes of at least 4 members (excludes halogenated alkanes) is 21. The minimum atomic E-state index is -4.48. The number of hydrogen-bond acceptors (Lipinski definition) is 6. The number of carbonyl (C=O) groups is 2. The van der Waals surface area contributed by atoms with Crippen LogP contribution in [0.25, 0.3) is 0 Å². The van der Waals surface area contributed by atoms with Crippen molar-refractivity contribution in [2.75, 3.05) is 40.9 Å². The maximum atomic E-state index is 13.5. The highest BCUT2D eigenvalue weighted by Crippen LogP contribution is 2.43. The van der Waals surface area contributed by atoms with Crippen LogP contribution in [0.4, 0.5) is 0 Å². The molecule has 0 heterocycles. The van der Waals surface area contributed by atoms with Crippen LogP contribution in [0, 0.1) is 0 Å². The van der Waals surface area contributed by atoms with Crippen molar-refractivity contribution < 1.29 is 37.3 Å². The van der Waals surface area contributed by atoms with Gasteiger partial charge in [-0.15, -0.1) is 0 Å². The maximum absolute atomic E-state index is 13.5. The molecule has 3 atom stereocenters. The Hall–Kier alpha value is -3.85. The smallest absolute Gasteiger partial charge is 0.456 e. The number of nitrogens with one attached hydrogen (secondary N) is 1. The highest BCUT2D eigenvalue weighted by Gasteiger charge is 2.30. The molecule has 0 aliphatic heterocycles. The molecule has 2 N–H and O–H groups in total. The molecule has 0 fully saturated rings. The fourth-order valence-corrected chi connectivity index (χ4v) is 9.40. The van der Waals surface area contributed by atoms with E-state index in [9.17, 15) is 19.0 Å². The number of esters is 1. The summed E-state index contributed by atoms with van der Waals surface area (Å²) in [6.45, 7) is 6.71. The molecule has 0 saturated heterocycles. The van der Waals surface area contributed by atoms with Crippen molar-refractivity contribution in [2.45, 2.75) is 264 Å². The zero-order chi connectivity index (χ0) is 59.3. The zero-order valence-electron chi connectivity index (χ0n) is 52.7. The Balaban J connectivity index is 5.19. The summed E-state index contributed by atoms with van der Waals surface area (Å²) >= 11 is 0. The van der Waals surface area contributed by atoms with E-state index in [1.807, 2.05) is 39.4 Å². The number of quaternary nitrogens is 1. The van der Waals surface area contributed by atoms with E-state index >= 15 is 0 Å². The van der Waals surface area contributed by atoms with Crippen LogP contribution < -0.4 is 5.32 Å². The van der Waals surface area contributed by atoms with Gasteiger partial charge in [0.05, 0.1) is 33.8 Å². The molecule has 0 spiro atoms. The van der Waals surface area contributed by atoms with E-state index in [4.69, 9.17) is 13.8 Å². The van der Waals surface area contributed by atoms with Gasteiger partial charge in [-0.05, 0) is 109 Å². The van der Waals surface area contributed by atoms with Crippen molar-refractivity contribution in [3.8, 4) is 0 Å². The van der Waals surface area contributed by atoms with E-state index in [1.165, 1.54) is 96.3 Å². The summed E-state index contributed by atoms with van der Waals surface area (Å²) in [6.07, 6.45) is 84.8. The topological polar surface area (TPSA) is 111 Å². The second-order valence-corrected chi connectivity index (χ2v) is 24.0. The Morgan fingerprint density at radius 2 is 0.802 bits per heavy atom. The summed E-state index contributed by atoms with van der Waals surface area (Å²) in [5.41, 5.74) is 0. The Labute approximate surface area is 498 Å². The summed E-state index contributed by atoms with van der Waals surface area (Å²) in [7, 11) is 1.43. The molecule has 10 heteroatoms. The average molecular weight is 1150 g/mol. The van der Waals surface area contributed by atoms with Gasteiger partial charge >= 0.3 is 13.8 Å². The molecule has 462 valence electrons. The fourth-order valence-electron chi connectivity index (χ4n) is 8.66. The SMILES string of the molecule is CC/C=C\C/C=C\C/C=C\C/C=C\C/C=C\CCCCCCCCCCCCCC(=O)OC(/C=C\CCCCCCCCCCCC)C(COP(=O)(O)OCC[N+](C)(C)C)NC(=O)CC/C=C/C/C=C/C/C=C/C/C=C/C/C=C/CC. The van der Waals surface area contributed by atoms with Crippen LogP contribution in [-0.4, -0.2) is 74.3 Å². The number of likely N-dealkylation sites (N-methyl/N-ethyl adjacent to an activating group) is 1. The minimum absolute atomic E-state index is 0.0200. The van der Waals surface area contributed by atoms with Crippen LogP contribution in [0.3, 0.4) is 0 Å². The number of rotatable bonds is 57. The van der Waals surface area contributed by atoms with E-state index in [1.54, 1.807) is 0 Å². The Morgan fingerprint density at radius 3 is 1.21 bits per heavy atom. The molecule has 0 radical (unpaired) electrons. The van der Waals surface area contributed by atoms with E-state index in [-0.39, 0.29) is 37.9 Å². The molecular formula is C71H122N2O7P+. The van der Waals surface area contributed by atoms with Crippen LogP contribution in [0.2, 0.25) is 0 Å². The molecule has 0 aromatic heterocycles. The van der Waals surface area contributed by atoms with E-state index in [0.29, 0.717) is 17.4 Å². The molecule has 3 unspecified atom stereocenters. The number of phosphoric ester groups is 1. The lowest BCUT2D eigenvalue weighted by atomic mass is 10.0. The Kier molecular flexibility index (Phi) is 56.5. The van der Waals surface area contributed by atoms with Gasteiger partial charge in [0.15, 0.2) is 0 Å². The third kappa shape index (κ3) is 60.6. The summed E-state index contributed by atoms with van der Waals surface area (Å²) in [5.74, 6) is -0.612. The van der Waals surface area contributed by atoms with Gasteiger partial charge in [-0.3, -0.25) is 18.6 Å². The quantitative estimate of drug-likeness (QED) is 0.0205. The number of ether oxygens (including phenoxy) is 1. The first kappa shape index (κ1) is 77.2. The third-order valence-electron chi connectivity index (χ3n) is 13.6. The summed E-state index contributed by atoms with van der Waals surface area (Å²) in [4.78, 5) is 37.7. The molecule has 0 aliphatic carbocycles. The van der Waals surface area contributed by atoms with Crippen molar-refractivity contribution >= 4 is 19.7 Å². The summed E-state index contributed by atoms with van der Waals surface area (Å²) in [6, 6.07) is -0.898. The van der Waals surface area contributed by atoms with Crippen molar-refractivity contribution in [1.29, 1.82) is 0 Å². The van der Waals surface area contributed by atoms with Crippen molar-refractivity contribution in [3.63, 3.8) is 0 Å². The van der Waals surface area contributed by atoms with Gasteiger partial charge in [-0.2, -0.15) is 0 Å². The van der Waals surface area contributed by atoms with Gasteiger partial charge in [-0.1, -0.05) is 264 Å². The normalized spacial score (nSPS) is 14.5. The molecular weight excluding hydrogens is 1020 g/mol. The third-order valence-corrected chi connectivity index (χ3v) is 14.6. The van der Waals surface area contributed by atoms with Gasteiger partial charge < -0.3 is 19.4 Å². The van der Waals surface area contributed by atoms with Gasteiger partial charge in [0, 0.05) is 12.8 Å². The molecule has 9 nitrogen and oxygen atoms in total. The van der Waals surface area contributed by atoms with Crippen molar-refractivity contribution in [2.24, 2.45) is 0 Å². The minimum Gasteiger partial charge on any atom is -0.456 e. The van der Waals surface area contributed by atoms with Crippen LogP contribution in [0.15, 0.2) is 134 Å². The number of hydrogen-bond donors (Lipinski definition) is 2. The van der Waals surface area contributed by atoms with Crippen LogP contribution in [-0.2, 0) is 27.9 Å². The number of amides is 1. The zero-order valence-corrected chi connectivity index (χ0v) is 53.6. The predicted octanol–water partition coefficient (Wildman–Crippen LogP) is 20.4. The first-order valence-corrected chi connectivity index (χ1v) is 34.0. The first-order chi connectivity index (χ1) is 39.4. The molecule has 0 aromatic carbocycles. The highest BCUT2D eigenvalue weighted by molar-refractivity contribution is 7.47. The highest BCUT2D eigenvalue weighted by atomic mass is 31.2. The number of carbonyl (C=O) groups excluding carboxylic acids is 2. The van der Waals surface area contributed by atoms with E-state index in [2.05, 4.69) is 142 Å². The first-order valence-electron chi connectivity index (χ1n) is 32.5. The summed E-state index contributed by atoms with van der Waals surface area (Å²) < 4.78 is 30.7. The lowest BCUT2D eigenvalue weighted by molar-refractivity contribution is -0.870. The monoisotopic (exact) mass is 1150 g/mol. The fraction of sp³-hybridized carbons (Fsp3) is 0.662. The lowest BCUT2D eigenvalue weighted by Crippen LogP contribution is -2.47. The second kappa shape index (κ2) is 59.3. The van der Waals surface area contributed by atoms with Crippen LogP contribution >= 0.6 is 7.82 Å². The Bertz CT molecular complexity index is 1850. The molecule has 0 bridgehead atoms. The standard InChI is InChI=1S/C71H121N2O7P/c1-7-10-13-16-19-22-25-28-30-32-33-34-35-36-37-38-39-40-41-42-44-46-49-52-55-58-61-64-71(75)80-69(62-59-56-53-50-47-27-24-21-18-15-12-9-3)68(67-79-81(76,77)78-66-65-73(4,5)6)72-70(74)63-60-57-54-51-48-45-43-31-29-26-23-20-17-14-11-8-2/h10-11,13-14,19-20,22-23,28-31,33-34,36-37,45,48,54,57,59,62,68-69H,7-9,12,15-18,21,24-27,32,35,38-44,46-47,49-53,55-56,58,60-61,63-67H2,1-6H3,(H-,72,74,76,77)/p+1/b13-10-,14-11+,22-19-,23-20+,30-28-,31-29+,34-33-,37-36-,48-45+,57-54+,62-59-. The lowest BCUT2D eigenvalue weighted by Gasteiger charge is -2.27. The van der Waals surface area contributed by atoms with Crippen molar-refractivity contribution in [1.82, 2.24) is 5.32 Å². The summed E-state index contributed by atoms with van der Waals surface area (Å²) in [5, 5.41) is 3.00. The van der Waals surface area contributed by atoms with Gasteiger partial charge in [0.2, 0.25) is 5.91 Å². The van der Waals surface area contributed by atoms with E-state index < -0.39 is 20.0 Å². The largest absolute Gasteiger partial charge is 0.472 e. The molecule has 1 amide bonds. The van der Waals surface area contributed by atoms with Crippen molar-refractivity contribution in [3.05, 3.63) is 134 Å². The van der Waals surface area contributed by atoms with Crippen LogP contribution in [0.5, 0.6) is 0 Å². The van der Waals surface area contributed by atoms with Gasteiger partial charge in [0.25, 0.3) is 0 Å². The molecule has 81 heavy (non-hydrogen) atoms. The molecule has 0 aromatic rings. The van der Waals surface area contributed by atoms with E-state index in [0.717, 1.165) is 116 Å². The molecule has 0 aliphatic rings. The number of allylic oxidation sites excluding steroid dienone is 21. The maximum Gasteiger partial charge on any atom is 0.472 e. The van der Waals surface area contributed by atoms with Crippen LogP contribution in [0.1, 0.15) is 252 Å². The number of nitrogens with zero attached hydrogens (tertiary/aromatic N) is 1. The molecule has 0 saturated carbocycles.